The molecule has 0 aromatic heterocycles. The lowest BCUT2D eigenvalue weighted by atomic mass is 10.0. The summed E-state index contributed by atoms with van der Waals surface area (Å²) in [5, 5.41) is 3.61. The molecule has 0 bridgehead atoms. The number of anilines is 1. The monoisotopic (exact) mass is 288 g/mol. The van der Waals surface area contributed by atoms with Crippen LogP contribution in [0.2, 0.25) is 0 Å². The van der Waals surface area contributed by atoms with Crippen LogP contribution in [0.4, 0.5) is 5.69 Å². The van der Waals surface area contributed by atoms with E-state index in [1.807, 2.05) is 6.92 Å². The van der Waals surface area contributed by atoms with E-state index in [0.29, 0.717) is 6.04 Å². The van der Waals surface area contributed by atoms with E-state index in [1.165, 1.54) is 11.3 Å². The number of carbonyl (C=O) groups is 1. The first-order valence-corrected chi connectivity index (χ1v) is 7.89. The molecule has 0 unspecified atom stereocenters. The third kappa shape index (κ3) is 3.38. The Morgan fingerprint density at radius 3 is 2.67 bits per heavy atom. The molecule has 21 heavy (non-hydrogen) atoms. The van der Waals surface area contributed by atoms with E-state index in [2.05, 4.69) is 41.4 Å². The molecule has 2 atom stereocenters. The van der Waals surface area contributed by atoms with Crippen LogP contribution >= 0.6 is 0 Å². The fraction of sp³-hybridized carbons (Fsp3) is 0.588. The second-order valence-electron chi connectivity index (χ2n) is 6.32. The lowest BCUT2D eigenvalue weighted by Gasteiger charge is -2.35. The third-order valence-corrected chi connectivity index (χ3v) is 4.50. The lowest BCUT2D eigenvalue weighted by Crippen LogP contribution is -2.46. The Bertz CT molecular complexity index is 509. The molecule has 2 heterocycles. The molecule has 3 rings (SSSR count). The summed E-state index contributed by atoms with van der Waals surface area (Å²) in [6.45, 7) is 6.02. The van der Waals surface area contributed by atoms with Crippen LogP contribution in [0, 0.1) is 6.92 Å². The van der Waals surface area contributed by atoms with Gasteiger partial charge >= 0.3 is 5.97 Å². The number of nitrogens with one attached hydrogen (secondary N) is 1. The van der Waals surface area contributed by atoms with Crippen LogP contribution < -0.4 is 5.32 Å². The summed E-state index contributed by atoms with van der Waals surface area (Å²) >= 11 is 0. The molecule has 1 aromatic carbocycles. The molecule has 2 aliphatic heterocycles. The predicted molar refractivity (Wildman–Crippen MR) is 83.4 cm³/mol. The molecule has 114 valence electrons. The number of cyclic esters (lactones) is 1. The smallest absolute Gasteiger partial charge is 0.323 e. The Labute approximate surface area is 126 Å². The minimum absolute atomic E-state index is 0.0140. The molecule has 2 saturated heterocycles. The van der Waals surface area contributed by atoms with Gasteiger partial charge in [0.25, 0.3) is 0 Å². The molecular formula is C17H24N2O2. The van der Waals surface area contributed by atoms with Gasteiger partial charge in [0.1, 0.15) is 12.1 Å². The number of nitrogens with zero attached hydrogens (tertiary/aromatic N) is 1. The van der Waals surface area contributed by atoms with Crippen molar-refractivity contribution in [1.82, 2.24) is 4.90 Å². The molecule has 1 N–H and O–H groups in total. The number of ether oxygens (including phenoxy) is 1. The van der Waals surface area contributed by atoms with E-state index in [9.17, 15) is 4.79 Å². The van der Waals surface area contributed by atoms with Crippen LogP contribution in [0.15, 0.2) is 24.3 Å². The van der Waals surface area contributed by atoms with Gasteiger partial charge in [0, 0.05) is 31.2 Å². The summed E-state index contributed by atoms with van der Waals surface area (Å²) in [5.74, 6) is -0.0346. The van der Waals surface area contributed by atoms with Crippen molar-refractivity contribution in [3.8, 4) is 0 Å². The summed E-state index contributed by atoms with van der Waals surface area (Å²) in [4.78, 5) is 14.1. The van der Waals surface area contributed by atoms with E-state index in [0.717, 1.165) is 32.4 Å². The molecule has 2 fully saturated rings. The highest BCUT2D eigenvalue weighted by Gasteiger charge is 2.37. The number of rotatable bonds is 3. The van der Waals surface area contributed by atoms with E-state index in [-0.39, 0.29) is 18.1 Å². The average molecular weight is 288 g/mol. The van der Waals surface area contributed by atoms with E-state index >= 15 is 0 Å². The zero-order valence-electron chi connectivity index (χ0n) is 12.8. The van der Waals surface area contributed by atoms with Crippen molar-refractivity contribution in [2.45, 2.75) is 51.3 Å². The largest absolute Gasteiger partial charge is 0.461 e. The van der Waals surface area contributed by atoms with Crippen molar-refractivity contribution in [1.29, 1.82) is 0 Å². The van der Waals surface area contributed by atoms with Crippen LogP contribution in [-0.4, -0.2) is 42.1 Å². The topological polar surface area (TPSA) is 41.6 Å². The maximum Gasteiger partial charge on any atom is 0.323 e. The van der Waals surface area contributed by atoms with Gasteiger partial charge in [-0.2, -0.15) is 0 Å². The first kappa shape index (κ1) is 14.4. The zero-order chi connectivity index (χ0) is 14.8. The van der Waals surface area contributed by atoms with Crippen molar-refractivity contribution in [2.75, 3.05) is 18.4 Å². The normalized spacial score (nSPS) is 27.6. The minimum atomic E-state index is -0.0346. The highest BCUT2D eigenvalue weighted by Crippen LogP contribution is 2.24. The third-order valence-electron chi connectivity index (χ3n) is 4.50. The Kier molecular flexibility index (Phi) is 4.15. The van der Waals surface area contributed by atoms with Crippen LogP contribution in [0.5, 0.6) is 0 Å². The molecule has 0 spiro atoms. The van der Waals surface area contributed by atoms with Crippen molar-refractivity contribution < 1.29 is 9.53 Å². The van der Waals surface area contributed by atoms with Crippen molar-refractivity contribution >= 4 is 11.7 Å². The number of likely N-dealkylation sites (tertiary alicyclic amines) is 1. The van der Waals surface area contributed by atoms with Crippen LogP contribution in [0.3, 0.4) is 0 Å². The summed E-state index contributed by atoms with van der Waals surface area (Å²) in [6.07, 6.45) is 3.07. The molecule has 0 saturated carbocycles. The lowest BCUT2D eigenvalue weighted by molar-refractivity contribution is -0.145. The summed E-state index contributed by atoms with van der Waals surface area (Å²) in [7, 11) is 0. The van der Waals surface area contributed by atoms with Gasteiger partial charge < -0.3 is 10.1 Å². The Morgan fingerprint density at radius 2 is 2.05 bits per heavy atom. The van der Waals surface area contributed by atoms with Gasteiger partial charge in [-0.25, -0.2) is 0 Å². The maximum absolute atomic E-state index is 11.8. The van der Waals surface area contributed by atoms with Gasteiger partial charge in [0.05, 0.1) is 0 Å². The van der Waals surface area contributed by atoms with Gasteiger partial charge in [0.15, 0.2) is 0 Å². The quantitative estimate of drug-likeness (QED) is 0.868. The number of benzene rings is 1. The Balaban J connectivity index is 1.52. The first-order chi connectivity index (χ1) is 10.1. The zero-order valence-corrected chi connectivity index (χ0v) is 12.8. The molecular weight excluding hydrogens is 264 g/mol. The van der Waals surface area contributed by atoms with Crippen molar-refractivity contribution in [3.63, 3.8) is 0 Å². The van der Waals surface area contributed by atoms with Gasteiger partial charge in [-0.1, -0.05) is 12.1 Å². The SMILES string of the molecule is Cc1cccc(NC2CCN([C@H]3C[C@H](C)OC3=O)CC2)c1. The summed E-state index contributed by atoms with van der Waals surface area (Å²) in [6, 6.07) is 8.99. The average Bonchev–Trinajstić information content (AvgIpc) is 2.79. The van der Waals surface area contributed by atoms with Crippen LogP contribution in [-0.2, 0) is 9.53 Å². The molecule has 1 aromatic rings. The number of hydrogen-bond donors (Lipinski definition) is 1. The number of esters is 1. The number of aryl methyl sites for hydroxylation is 1. The number of carbonyl (C=O) groups excluding carboxylic acids is 1. The number of piperidine rings is 1. The van der Waals surface area contributed by atoms with E-state index in [1.54, 1.807) is 0 Å². The van der Waals surface area contributed by atoms with Gasteiger partial charge in [-0.3, -0.25) is 9.69 Å². The Hall–Kier alpha value is -1.55. The van der Waals surface area contributed by atoms with Gasteiger partial charge in [0.2, 0.25) is 0 Å². The predicted octanol–water partition coefficient (Wildman–Crippen LogP) is 2.58. The fourth-order valence-electron chi connectivity index (χ4n) is 3.36. The molecule has 0 amide bonds. The van der Waals surface area contributed by atoms with Crippen molar-refractivity contribution in [3.05, 3.63) is 29.8 Å². The molecule has 4 nitrogen and oxygen atoms in total. The van der Waals surface area contributed by atoms with Gasteiger partial charge in [-0.15, -0.1) is 0 Å². The second kappa shape index (κ2) is 6.06. The first-order valence-electron chi connectivity index (χ1n) is 7.89. The van der Waals surface area contributed by atoms with Crippen LogP contribution in [0.1, 0.15) is 31.7 Å². The highest BCUT2D eigenvalue weighted by atomic mass is 16.6. The second-order valence-corrected chi connectivity index (χ2v) is 6.32. The van der Waals surface area contributed by atoms with Gasteiger partial charge in [-0.05, 0) is 44.4 Å². The standard InChI is InChI=1S/C17H24N2O2/c1-12-4-3-5-15(10-12)18-14-6-8-19(9-7-14)16-11-13(2)21-17(16)20/h3-5,10,13-14,16,18H,6-9,11H2,1-2H3/t13-,16-/m0/s1. The summed E-state index contributed by atoms with van der Waals surface area (Å²) in [5.41, 5.74) is 2.47. The number of hydrogen-bond acceptors (Lipinski definition) is 4. The minimum Gasteiger partial charge on any atom is -0.461 e. The van der Waals surface area contributed by atoms with Crippen molar-refractivity contribution in [2.24, 2.45) is 0 Å². The van der Waals surface area contributed by atoms with Crippen LogP contribution in [0.25, 0.3) is 0 Å². The molecule has 4 heteroatoms. The summed E-state index contributed by atoms with van der Waals surface area (Å²) < 4.78 is 5.27. The van der Waals surface area contributed by atoms with E-state index in [4.69, 9.17) is 4.74 Å². The maximum atomic E-state index is 11.8. The highest BCUT2D eigenvalue weighted by molar-refractivity contribution is 5.78. The molecule has 2 aliphatic rings. The van der Waals surface area contributed by atoms with E-state index < -0.39 is 0 Å². The molecule has 0 aliphatic carbocycles. The fourth-order valence-corrected chi connectivity index (χ4v) is 3.36. The molecule has 0 radical (unpaired) electrons. The Morgan fingerprint density at radius 1 is 1.29 bits per heavy atom.